The Morgan fingerprint density at radius 2 is 2.36 bits per heavy atom. The van der Waals surface area contributed by atoms with Crippen molar-refractivity contribution in [3.8, 4) is 0 Å². The molecule has 2 N–H and O–H groups in total. The Morgan fingerprint density at radius 1 is 1.50 bits per heavy atom. The lowest BCUT2D eigenvalue weighted by Crippen LogP contribution is -2.51. The number of aromatic amines is 1. The summed E-state index contributed by atoms with van der Waals surface area (Å²) in [5.41, 5.74) is 2.01. The van der Waals surface area contributed by atoms with Crippen LogP contribution in [0.3, 0.4) is 0 Å². The first-order valence-corrected chi connectivity index (χ1v) is 8.45. The topological polar surface area (TPSA) is 64.3 Å². The molecule has 1 aliphatic heterocycles. The minimum absolute atomic E-state index is 0.0335. The van der Waals surface area contributed by atoms with Crippen molar-refractivity contribution < 1.29 is 4.79 Å². The average Bonchev–Trinajstić information content (AvgIpc) is 3.19. The second-order valence-corrected chi connectivity index (χ2v) is 6.21. The van der Waals surface area contributed by atoms with Gasteiger partial charge < -0.3 is 15.2 Å². The Kier molecular flexibility index (Phi) is 4.44. The number of carbonyl (C=O) groups is 1. The third-order valence-corrected chi connectivity index (χ3v) is 4.98. The molecule has 1 saturated heterocycles. The fraction of sp³-hybridized carbons (Fsp3) is 0.467. The van der Waals surface area contributed by atoms with E-state index in [1.54, 1.807) is 17.5 Å². The molecule has 0 saturated carbocycles. The molecule has 6 nitrogen and oxygen atoms in total. The molecule has 3 rings (SSSR count). The van der Waals surface area contributed by atoms with Crippen molar-refractivity contribution in [1.82, 2.24) is 19.8 Å². The summed E-state index contributed by atoms with van der Waals surface area (Å²) in [6.45, 7) is 7.34. The van der Waals surface area contributed by atoms with Gasteiger partial charge >= 0.3 is 6.03 Å². The van der Waals surface area contributed by atoms with Gasteiger partial charge in [-0.05, 0) is 24.4 Å². The van der Waals surface area contributed by atoms with Crippen LogP contribution in [0.4, 0.5) is 10.5 Å². The number of aryl methyl sites for hydroxylation is 1. The van der Waals surface area contributed by atoms with E-state index < -0.39 is 0 Å². The van der Waals surface area contributed by atoms with E-state index in [1.165, 1.54) is 0 Å². The molecular weight excluding hydrogens is 298 g/mol. The zero-order chi connectivity index (χ0) is 15.5. The lowest BCUT2D eigenvalue weighted by atomic mass is 10.1. The average molecular weight is 319 g/mol. The molecule has 118 valence electrons. The fourth-order valence-corrected chi connectivity index (χ4v) is 3.57. The second kappa shape index (κ2) is 6.50. The van der Waals surface area contributed by atoms with Crippen molar-refractivity contribution in [2.45, 2.75) is 19.9 Å². The number of hydrogen-bond donors (Lipinski definition) is 2. The molecule has 0 spiro atoms. The smallest absolute Gasteiger partial charge is 0.321 e. The molecule has 1 fully saturated rings. The number of nitrogens with zero attached hydrogens (tertiary/aromatic N) is 3. The predicted octanol–water partition coefficient (Wildman–Crippen LogP) is 2.69. The van der Waals surface area contributed by atoms with E-state index in [-0.39, 0.29) is 12.1 Å². The van der Waals surface area contributed by atoms with Crippen LogP contribution in [0.25, 0.3) is 0 Å². The Hall–Kier alpha value is -1.86. The van der Waals surface area contributed by atoms with Crippen LogP contribution in [0.2, 0.25) is 0 Å². The van der Waals surface area contributed by atoms with Crippen molar-refractivity contribution >= 4 is 23.1 Å². The minimum atomic E-state index is -0.0335. The van der Waals surface area contributed by atoms with Crippen LogP contribution in [0.15, 0.2) is 23.2 Å². The zero-order valence-electron chi connectivity index (χ0n) is 12.9. The number of carbonyl (C=O) groups excluding carboxylic acids is 1. The normalized spacial score (nSPS) is 19.4. The van der Waals surface area contributed by atoms with Gasteiger partial charge in [0, 0.05) is 37.4 Å². The Morgan fingerprint density at radius 3 is 3.00 bits per heavy atom. The highest BCUT2D eigenvalue weighted by Gasteiger charge is 2.31. The van der Waals surface area contributed by atoms with Crippen LogP contribution in [-0.2, 0) is 0 Å². The highest BCUT2D eigenvalue weighted by molar-refractivity contribution is 7.08. The van der Waals surface area contributed by atoms with E-state index in [0.29, 0.717) is 6.54 Å². The first-order valence-electron chi connectivity index (χ1n) is 7.51. The first kappa shape index (κ1) is 15.1. The Balaban J connectivity index is 1.70. The number of nitrogens with one attached hydrogen (secondary N) is 2. The van der Waals surface area contributed by atoms with Crippen molar-refractivity contribution in [1.29, 1.82) is 0 Å². The van der Waals surface area contributed by atoms with E-state index in [4.69, 9.17) is 0 Å². The number of rotatable bonds is 3. The van der Waals surface area contributed by atoms with Gasteiger partial charge in [-0.25, -0.2) is 9.78 Å². The number of anilines is 1. The van der Waals surface area contributed by atoms with Crippen LogP contribution in [0, 0.1) is 6.92 Å². The highest BCUT2D eigenvalue weighted by atomic mass is 32.1. The molecule has 0 bridgehead atoms. The van der Waals surface area contributed by atoms with E-state index in [0.717, 1.165) is 36.7 Å². The summed E-state index contributed by atoms with van der Waals surface area (Å²) in [4.78, 5) is 24.3. The third kappa shape index (κ3) is 3.00. The maximum Gasteiger partial charge on any atom is 0.321 e. The van der Waals surface area contributed by atoms with Crippen molar-refractivity contribution in [3.63, 3.8) is 0 Å². The number of aromatic nitrogens is 2. The quantitative estimate of drug-likeness (QED) is 0.914. The van der Waals surface area contributed by atoms with Crippen molar-refractivity contribution in [3.05, 3.63) is 34.5 Å². The summed E-state index contributed by atoms with van der Waals surface area (Å²) in [6.07, 6.45) is 3.59. The molecule has 0 aromatic carbocycles. The highest BCUT2D eigenvalue weighted by Crippen LogP contribution is 2.24. The summed E-state index contributed by atoms with van der Waals surface area (Å²) in [6, 6.07) is 0.0943. The minimum Gasteiger partial charge on any atom is -0.347 e. The van der Waals surface area contributed by atoms with Gasteiger partial charge in [-0.3, -0.25) is 4.90 Å². The Bertz CT molecular complexity index is 624. The van der Waals surface area contributed by atoms with Gasteiger partial charge in [0.2, 0.25) is 0 Å². The molecule has 1 unspecified atom stereocenters. The monoisotopic (exact) mass is 319 g/mol. The van der Waals surface area contributed by atoms with Crippen molar-refractivity contribution in [2.24, 2.45) is 0 Å². The molecule has 22 heavy (non-hydrogen) atoms. The lowest BCUT2D eigenvalue weighted by Gasteiger charge is -2.39. The van der Waals surface area contributed by atoms with E-state index in [2.05, 4.69) is 27.1 Å². The van der Waals surface area contributed by atoms with E-state index in [9.17, 15) is 4.79 Å². The molecule has 0 aliphatic carbocycles. The van der Waals surface area contributed by atoms with Crippen LogP contribution in [0.1, 0.15) is 24.4 Å². The number of thiophene rings is 1. The van der Waals surface area contributed by atoms with Crippen LogP contribution < -0.4 is 5.32 Å². The molecule has 1 atom stereocenters. The molecule has 1 aliphatic rings. The van der Waals surface area contributed by atoms with Gasteiger partial charge in [0.25, 0.3) is 0 Å². The number of urea groups is 1. The SMILES string of the molecule is CCN1CCN(C(=O)Nc2cscc2C)CC1c1ncc[nH]1. The standard InChI is InChI=1S/C15H21N5OS/c1-3-19-6-7-20(8-13(19)14-16-4-5-17-14)15(21)18-12-10-22-9-11(12)2/h4-5,9-10,13H,3,6-8H2,1-2H3,(H,16,17)(H,18,21). The lowest BCUT2D eigenvalue weighted by molar-refractivity contribution is 0.0946. The molecule has 2 aromatic rings. The van der Waals surface area contributed by atoms with Gasteiger partial charge in [0.1, 0.15) is 5.82 Å². The number of imidazole rings is 1. The molecule has 2 amide bonds. The maximum atomic E-state index is 12.5. The summed E-state index contributed by atoms with van der Waals surface area (Å²) in [7, 11) is 0. The second-order valence-electron chi connectivity index (χ2n) is 5.46. The summed E-state index contributed by atoms with van der Waals surface area (Å²) in [5.74, 6) is 0.922. The van der Waals surface area contributed by atoms with E-state index in [1.807, 2.05) is 28.8 Å². The van der Waals surface area contributed by atoms with Gasteiger partial charge in [0.15, 0.2) is 0 Å². The van der Waals surface area contributed by atoms with Crippen LogP contribution in [-0.4, -0.2) is 52.0 Å². The number of H-pyrrole nitrogens is 1. The number of amides is 2. The van der Waals surface area contributed by atoms with E-state index >= 15 is 0 Å². The van der Waals surface area contributed by atoms with Gasteiger partial charge in [-0.15, -0.1) is 11.3 Å². The maximum absolute atomic E-state index is 12.5. The molecule has 2 aromatic heterocycles. The van der Waals surface area contributed by atoms with Crippen LogP contribution in [0.5, 0.6) is 0 Å². The third-order valence-electron chi connectivity index (χ3n) is 4.12. The number of hydrogen-bond acceptors (Lipinski definition) is 4. The summed E-state index contributed by atoms with van der Waals surface area (Å²) < 4.78 is 0. The molecule has 0 radical (unpaired) electrons. The van der Waals surface area contributed by atoms with Gasteiger partial charge in [-0.2, -0.15) is 0 Å². The largest absolute Gasteiger partial charge is 0.347 e. The molecule has 3 heterocycles. The molecular formula is C15H21N5OS. The fourth-order valence-electron chi connectivity index (χ4n) is 2.79. The molecule has 7 heteroatoms. The summed E-state index contributed by atoms with van der Waals surface area (Å²) in [5, 5.41) is 7.02. The van der Waals surface area contributed by atoms with Crippen LogP contribution >= 0.6 is 11.3 Å². The zero-order valence-corrected chi connectivity index (χ0v) is 13.7. The first-order chi connectivity index (χ1) is 10.7. The Labute approximate surface area is 134 Å². The predicted molar refractivity (Wildman–Crippen MR) is 88.2 cm³/mol. The van der Waals surface area contributed by atoms with Gasteiger partial charge in [0.05, 0.1) is 11.7 Å². The number of piperazine rings is 1. The van der Waals surface area contributed by atoms with Gasteiger partial charge in [-0.1, -0.05) is 6.92 Å². The van der Waals surface area contributed by atoms with Crippen molar-refractivity contribution in [2.75, 3.05) is 31.5 Å². The summed E-state index contributed by atoms with van der Waals surface area (Å²) >= 11 is 1.60. The number of likely N-dealkylation sites (N-methyl/N-ethyl adjacent to an activating group) is 1.